The second kappa shape index (κ2) is 9.78. The number of aliphatic imine (C=N–C) groups is 1. The summed E-state index contributed by atoms with van der Waals surface area (Å²) in [6.07, 6.45) is 0.105. The molecule has 1 aromatic carbocycles. The number of aryl methyl sites for hydroxylation is 1. The Bertz CT molecular complexity index is 556. The van der Waals surface area contributed by atoms with Gasteiger partial charge in [-0.1, -0.05) is 38.1 Å². The smallest absolute Gasteiger partial charge is 0.193 e. The van der Waals surface area contributed by atoms with Gasteiger partial charge in [0.1, 0.15) is 6.10 Å². The lowest BCUT2D eigenvalue weighted by Crippen LogP contribution is -2.51. The first-order valence-corrected chi connectivity index (χ1v) is 9.47. The molecule has 2 rings (SSSR count). The molecule has 1 aliphatic rings. The molecule has 0 amide bonds. The van der Waals surface area contributed by atoms with Crippen LogP contribution in [0, 0.1) is 6.92 Å². The van der Waals surface area contributed by atoms with E-state index >= 15 is 0 Å². The molecular formula is C20H34N4O. The Morgan fingerprint density at radius 1 is 1.36 bits per heavy atom. The van der Waals surface area contributed by atoms with E-state index in [1.165, 1.54) is 11.1 Å². The number of nitrogens with one attached hydrogen (secondary N) is 1. The highest BCUT2D eigenvalue weighted by molar-refractivity contribution is 5.80. The van der Waals surface area contributed by atoms with Gasteiger partial charge in [0.15, 0.2) is 5.96 Å². The van der Waals surface area contributed by atoms with Crippen LogP contribution in [-0.4, -0.2) is 68.2 Å². The van der Waals surface area contributed by atoms with Gasteiger partial charge in [0.25, 0.3) is 0 Å². The van der Waals surface area contributed by atoms with Crippen LogP contribution < -0.4 is 5.32 Å². The maximum Gasteiger partial charge on any atom is 0.193 e. The van der Waals surface area contributed by atoms with Crippen molar-refractivity contribution in [3.8, 4) is 0 Å². The molecule has 0 radical (unpaired) electrons. The normalized spacial score (nSPS) is 20.0. The molecule has 140 valence electrons. The fraction of sp³-hybridized carbons (Fsp3) is 0.650. The third-order valence-electron chi connectivity index (χ3n) is 5.10. The third-order valence-corrected chi connectivity index (χ3v) is 5.10. The molecule has 1 aromatic rings. The van der Waals surface area contributed by atoms with Crippen LogP contribution >= 0.6 is 0 Å². The van der Waals surface area contributed by atoms with E-state index in [-0.39, 0.29) is 6.10 Å². The first kappa shape index (κ1) is 19.7. The lowest BCUT2D eigenvalue weighted by Gasteiger charge is -2.36. The van der Waals surface area contributed by atoms with Crippen LogP contribution in [0.1, 0.15) is 38.0 Å². The lowest BCUT2D eigenvalue weighted by molar-refractivity contribution is -0.00840. The van der Waals surface area contributed by atoms with E-state index in [2.05, 4.69) is 72.1 Å². The second-order valence-electron chi connectivity index (χ2n) is 6.66. The van der Waals surface area contributed by atoms with Crippen molar-refractivity contribution in [2.24, 2.45) is 4.99 Å². The van der Waals surface area contributed by atoms with Gasteiger partial charge in [0, 0.05) is 26.2 Å². The molecule has 0 saturated carbocycles. The highest BCUT2D eigenvalue weighted by Gasteiger charge is 2.25. The van der Waals surface area contributed by atoms with Gasteiger partial charge in [-0.15, -0.1) is 0 Å². The fourth-order valence-corrected chi connectivity index (χ4v) is 3.53. The SMILES string of the molecule is CCN(CC)C(C)CNC(=NC)N1CCOC(c2ccccc2C)C1. The van der Waals surface area contributed by atoms with Crippen molar-refractivity contribution < 1.29 is 4.74 Å². The Morgan fingerprint density at radius 3 is 2.72 bits per heavy atom. The van der Waals surface area contributed by atoms with Crippen LogP contribution in [0.3, 0.4) is 0 Å². The van der Waals surface area contributed by atoms with E-state index in [0.717, 1.165) is 45.3 Å². The molecule has 0 bridgehead atoms. The average Bonchev–Trinajstić information content (AvgIpc) is 2.64. The summed E-state index contributed by atoms with van der Waals surface area (Å²) in [5.74, 6) is 0.973. The molecular weight excluding hydrogens is 312 g/mol. The van der Waals surface area contributed by atoms with Crippen LogP contribution in [-0.2, 0) is 4.74 Å². The van der Waals surface area contributed by atoms with E-state index in [4.69, 9.17) is 4.74 Å². The number of rotatable bonds is 6. The van der Waals surface area contributed by atoms with Crippen molar-refractivity contribution in [3.05, 3.63) is 35.4 Å². The van der Waals surface area contributed by atoms with Crippen molar-refractivity contribution in [1.82, 2.24) is 15.1 Å². The Balaban J connectivity index is 1.97. The summed E-state index contributed by atoms with van der Waals surface area (Å²) in [7, 11) is 1.86. The van der Waals surface area contributed by atoms with Crippen molar-refractivity contribution in [1.29, 1.82) is 0 Å². The van der Waals surface area contributed by atoms with Gasteiger partial charge >= 0.3 is 0 Å². The number of guanidine groups is 1. The van der Waals surface area contributed by atoms with E-state index in [1.54, 1.807) is 0 Å². The predicted molar refractivity (Wildman–Crippen MR) is 105 cm³/mol. The molecule has 1 saturated heterocycles. The summed E-state index contributed by atoms with van der Waals surface area (Å²) in [6, 6.07) is 8.97. The number of ether oxygens (including phenoxy) is 1. The fourth-order valence-electron chi connectivity index (χ4n) is 3.53. The molecule has 0 spiro atoms. The van der Waals surface area contributed by atoms with Gasteiger partial charge < -0.3 is 15.0 Å². The zero-order valence-electron chi connectivity index (χ0n) is 16.5. The van der Waals surface area contributed by atoms with Gasteiger partial charge in [-0.25, -0.2) is 0 Å². The molecule has 1 N–H and O–H groups in total. The van der Waals surface area contributed by atoms with Gasteiger partial charge in [-0.2, -0.15) is 0 Å². The summed E-state index contributed by atoms with van der Waals surface area (Å²) in [4.78, 5) is 9.27. The summed E-state index contributed by atoms with van der Waals surface area (Å²) in [5.41, 5.74) is 2.56. The van der Waals surface area contributed by atoms with Gasteiger partial charge in [0.05, 0.1) is 13.2 Å². The maximum absolute atomic E-state index is 6.04. The minimum atomic E-state index is 0.105. The van der Waals surface area contributed by atoms with E-state index < -0.39 is 0 Å². The first-order chi connectivity index (χ1) is 12.1. The molecule has 5 heteroatoms. The quantitative estimate of drug-likeness (QED) is 0.635. The Hall–Kier alpha value is -1.59. The van der Waals surface area contributed by atoms with Crippen LogP contribution in [0.2, 0.25) is 0 Å². The molecule has 25 heavy (non-hydrogen) atoms. The topological polar surface area (TPSA) is 40.1 Å². The number of hydrogen-bond donors (Lipinski definition) is 1. The van der Waals surface area contributed by atoms with E-state index in [9.17, 15) is 0 Å². The second-order valence-corrected chi connectivity index (χ2v) is 6.66. The summed E-state index contributed by atoms with van der Waals surface area (Å²) >= 11 is 0. The van der Waals surface area contributed by atoms with Gasteiger partial charge in [0.2, 0.25) is 0 Å². The number of benzene rings is 1. The van der Waals surface area contributed by atoms with Crippen LogP contribution in [0.25, 0.3) is 0 Å². The summed E-state index contributed by atoms with van der Waals surface area (Å²) < 4.78 is 6.04. The molecule has 1 fully saturated rings. The zero-order chi connectivity index (χ0) is 18.2. The van der Waals surface area contributed by atoms with Crippen molar-refractivity contribution >= 4 is 5.96 Å². The van der Waals surface area contributed by atoms with Crippen molar-refractivity contribution in [2.75, 3.05) is 46.4 Å². The molecule has 1 heterocycles. The summed E-state index contributed by atoms with van der Waals surface area (Å²) in [5, 5.41) is 3.55. The molecule has 0 aliphatic carbocycles. The highest BCUT2D eigenvalue weighted by Crippen LogP contribution is 2.24. The monoisotopic (exact) mass is 346 g/mol. The minimum Gasteiger partial charge on any atom is -0.370 e. The molecule has 2 atom stereocenters. The number of likely N-dealkylation sites (N-methyl/N-ethyl adjacent to an activating group) is 1. The third kappa shape index (κ3) is 5.19. The number of nitrogens with zero attached hydrogens (tertiary/aromatic N) is 3. The van der Waals surface area contributed by atoms with Crippen LogP contribution in [0.4, 0.5) is 0 Å². The van der Waals surface area contributed by atoms with Crippen molar-refractivity contribution in [2.45, 2.75) is 39.8 Å². The van der Waals surface area contributed by atoms with Crippen LogP contribution in [0.15, 0.2) is 29.3 Å². The maximum atomic E-state index is 6.04. The predicted octanol–water partition coefficient (Wildman–Crippen LogP) is 2.67. The van der Waals surface area contributed by atoms with Crippen LogP contribution in [0.5, 0.6) is 0 Å². The molecule has 1 aliphatic heterocycles. The average molecular weight is 347 g/mol. The van der Waals surface area contributed by atoms with Gasteiger partial charge in [-0.05, 0) is 38.1 Å². The molecule has 0 aromatic heterocycles. The molecule has 5 nitrogen and oxygen atoms in total. The van der Waals surface area contributed by atoms with Crippen molar-refractivity contribution in [3.63, 3.8) is 0 Å². The van der Waals surface area contributed by atoms with Gasteiger partial charge in [-0.3, -0.25) is 9.89 Å². The largest absolute Gasteiger partial charge is 0.370 e. The Labute approximate surface area is 153 Å². The number of hydrogen-bond acceptors (Lipinski definition) is 3. The standard InChI is InChI=1S/C20H34N4O/c1-6-23(7-2)17(4)14-22-20(21-5)24-12-13-25-19(15-24)18-11-9-8-10-16(18)3/h8-11,17,19H,6-7,12-15H2,1-5H3,(H,21,22). The van der Waals surface area contributed by atoms with E-state index in [0.29, 0.717) is 6.04 Å². The zero-order valence-corrected chi connectivity index (χ0v) is 16.5. The molecule has 2 unspecified atom stereocenters. The Morgan fingerprint density at radius 2 is 2.08 bits per heavy atom. The lowest BCUT2D eigenvalue weighted by atomic mass is 10.0. The Kier molecular flexibility index (Phi) is 7.72. The van der Waals surface area contributed by atoms with E-state index in [1.807, 2.05) is 7.05 Å². The highest BCUT2D eigenvalue weighted by atomic mass is 16.5. The minimum absolute atomic E-state index is 0.105. The summed E-state index contributed by atoms with van der Waals surface area (Å²) in [6.45, 7) is 14.3. The first-order valence-electron chi connectivity index (χ1n) is 9.47. The number of morpholine rings is 1.